The molecule has 1 aromatic heterocycles. The maximum Gasteiger partial charge on any atom is 0.446 e. The average Bonchev–Trinajstić information content (AvgIpc) is 2.81. The SMILES string of the molecule is FC(F)(F)Sc1ccccc1-c1nc2ccccc2[nH]1. The number of halogens is 3. The van der Waals surface area contributed by atoms with Gasteiger partial charge in [-0.1, -0.05) is 30.3 Å². The topological polar surface area (TPSA) is 28.7 Å². The van der Waals surface area contributed by atoms with Gasteiger partial charge >= 0.3 is 5.51 Å². The zero-order chi connectivity index (χ0) is 14.2. The molecule has 2 nitrogen and oxygen atoms in total. The number of alkyl halides is 3. The average molecular weight is 294 g/mol. The van der Waals surface area contributed by atoms with Gasteiger partial charge in [0, 0.05) is 10.5 Å². The summed E-state index contributed by atoms with van der Waals surface area (Å²) in [4.78, 5) is 7.52. The molecule has 0 saturated carbocycles. The molecule has 0 fully saturated rings. The Bertz CT molecular complexity index is 716. The van der Waals surface area contributed by atoms with E-state index in [0.717, 1.165) is 11.0 Å². The van der Waals surface area contributed by atoms with Crippen LogP contribution in [0.5, 0.6) is 0 Å². The van der Waals surface area contributed by atoms with Crippen LogP contribution < -0.4 is 0 Å². The van der Waals surface area contributed by atoms with Gasteiger partial charge in [0.25, 0.3) is 0 Å². The maximum atomic E-state index is 12.6. The van der Waals surface area contributed by atoms with E-state index in [2.05, 4.69) is 9.97 Å². The Morgan fingerprint density at radius 1 is 0.950 bits per heavy atom. The molecule has 6 heteroatoms. The van der Waals surface area contributed by atoms with Crippen molar-refractivity contribution < 1.29 is 13.2 Å². The molecule has 0 aliphatic carbocycles. The van der Waals surface area contributed by atoms with Gasteiger partial charge in [-0.15, -0.1) is 0 Å². The summed E-state index contributed by atoms with van der Waals surface area (Å²) in [5.41, 5.74) is -2.34. The van der Waals surface area contributed by atoms with Gasteiger partial charge in [-0.05, 0) is 30.0 Å². The van der Waals surface area contributed by atoms with E-state index >= 15 is 0 Å². The van der Waals surface area contributed by atoms with Crippen molar-refractivity contribution in [2.24, 2.45) is 0 Å². The van der Waals surface area contributed by atoms with Crippen LogP contribution in [0, 0.1) is 0 Å². The summed E-state index contributed by atoms with van der Waals surface area (Å²) in [6.45, 7) is 0. The number of aromatic amines is 1. The first-order valence-electron chi connectivity index (χ1n) is 5.83. The molecule has 3 rings (SSSR count). The lowest BCUT2D eigenvalue weighted by Gasteiger charge is -2.09. The van der Waals surface area contributed by atoms with E-state index in [0.29, 0.717) is 11.4 Å². The lowest BCUT2D eigenvalue weighted by Crippen LogP contribution is -2.00. The zero-order valence-electron chi connectivity index (χ0n) is 10.1. The number of H-pyrrole nitrogens is 1. The third-order valence-corrected chi connectivity index (χ3v) is 3.56. The Hall–Kier alpha value is -1.95. The van der Waals surface area contributed by atoms with Crippen molar-refractivity contribution in [3.63, 3.8) is 0 Å². The van der Waals surface area contributed by atoms with E-state index < -0.39 is 5.51 Å². The molecule has 0 saturated heterocycles. The van der Waals surface area contributed by atoms with Gasteiger partial charge in [-0.25, -0.2) is 4.98 Å². The molecule has 20 heavy (non-hydrogen) atoms. The molecule has 2 aromatic carbocycles. The van der Waals surface area contributed by atoms with E-state index in [4.69, 9.17) is 0 Å². The Balaban J connectivity index is 2.09. The van der Waals surface area contributed by atoms with Gasteiger partial charge in [-0.2, -0.15) is 13.2 Å². The first-order valence-corrected chi connectivity index (χ1v) is 6.64. The second kappa shape index (κ2) is 4.86. The van der Waals surface area contributed by atoms with Crippen LogP contribution in [0.2, 0.25) is 0 Å². The summed E-state index contributed by atoms with van der Waals surface area (Å²) in [6.07, 6.45) is 0. The molecule has 1 N–H and O–H groups in total. The standard InChI is InChI=1S/C14H9F3N2S/c15-14(16,17)20-12-8-4-1-5-9(12)13-18-10-6-2-3-7-11(10)19-13/h1-8H,(H,18,19). The fourth-order valence-corrected chi connectivity index (χ4v) is 2.63. The van der Waals surface area contributed by atoms with Crippen LogP contribution in [-0.4, -0.2) is 15.5 Å². The van der Waals surface area contributed by atoms with E-state index in [1.54, 1.807) is 18.2 Å². The third-order valence-electron chi connectivity index (χ3n) is 2.76. The van der Waals surface area contributed by atoms with Gasteiger partial charge in [-0.3, -0.25) is 0 Å². The number of nitrogens with one attached hydrogen (secondary N) is 1. The Labute approximate surface area is 117 Å². The molecule has 0 atom stereocenters. The largest absolute Gasteiger partial charge is 0.446 e. The summed E-state index contributed by atoms with van der Waals surface area (Å²) in [5, 5.41) is 0. The van der Waals surface area contributed by atoms with E-state index in [-0.39, 0.29) is 16.7 Å². The van der Waals surface area contributed by atoms with Crippen LogP contribution in [0.1, 0.15) is 0 Å². The highest BCUT2D eigenvalue weighted by molar-refractivity contribution is 8.00. The number of hydrogen-bond acceptors (Lipinski definition) is 2. The van der Waals surface area contributed by atoms with Crippen molar-refractivity contribution in [1.29, 1.82) is 0 Å². The van der Waals surface area contributed by atoms with Crippen LogP contribution in [-0.2, 0) is 0 Å². The van der Waals surface area contributed by atoms with Crippen LogP contribution >= 0.6 is 11.8 Å². The van der Waals surface area contributed by atoms with Gasteiger partial charge in [0.05, 0.1) is 11.0 Å². The third kappa shape index (κ3) is 2.65. The lowest BCUT2D eigenvalue weighted by atomic mass is 10.2. The van der Waals surface area contributed by atoms with Crippen molar-refractivity contribution in [3.8, 4) is 11.4 Å². The summed E-state index contributed by atoms with van der Waals surface area (Å²) in [5.74, 6) is 0.443. The molecular weight excluding hydrogens is 285 g/mol. The minimum Gasteiger partial charge on any atom is -0.338 e. The molecule has 0 radical (unpaired) electrons. The van der Waals surface area contributed by atoms with E-state index in [1.165, 1.54) is 6.07 Å². The Morgan fingerprint density at radius 3 is 2.40 bits per heavy atom. The van der Waals surface area contributed by atoms with Crippen molar-refractivity contribution in [3.05, 3.63) is 48.5 Å². The number of benzene rings is 2. The second-order valence-electron chi connectivity index (χ2n) is 4.15. The quantitative estimate of drug-likeness (QED) is 0.685. The first-order chi connectivity index (χ1) is 9.53. The Morgan fingerprint density at radius 2 is 1.65 bits per heavy atom. The lowest BCUT2D eigenvalue weighted by molar-refractivity contribution is -0.0327. The minimum atomic E-state index is -4.32. The molecule has 0 aliphatic heterocycles. The molecule has 0 bridgehead atoms. The normalized spacial score (nSPS) is 11.9. The predicted octanol–water partition coefficient (Wildman–Crippen LogP) is 4.84. The highest BCUT2D eigenvalue weighted by Gasteiger charge is 2.30. The minimum absolute atomic E-state index is 0.128. The van der Waals surface area contributed by atoms with Crippen LogP contribution in [0.15, 0.2) is 53.4 Å². The molecule has 0 unspecified atom stereocenters. The number of thioether (sulfide) groups is 1. The summed E-state index contributed by atoms with van der Waals surface area (Å²) in [6, 6.07) is 13.7. The number of rotatable bonds is 2. The van der Waals surface area contributed by atoms with Gasteiger partial charge in [0.1, 0.15) is 5.82 Å². The van der Waals surface area contributed by atoms with Crippen molar-refractivity contribution in [2.75, 3.05) is 0 Å². The second-order valence-corrected chi connectivity index (χ2v) is 5.25. The Kier molecular flexibility index (Phi) is 3.17. The fourth-order valence-electron chi connectivity index (χ4n) is 1.96. The molecular formula is C14H9F3N2S. The maximum absolute atomic E-state index is 12.6. The molecule has 102 valence electrons. The smallest absolute Gasteiger partial charge is 0.338 e. The van der Waals surface area contributed by atoms with E-state index in [1.807, 2.05) is 24.3 Å². The fraction of sp³-hybridized carbons (Fsp3) is 0.0714. The van der Waals surface area contributed by atoms with Crippen molar-refractivity contribution in [1.82, 2.24) is 9.97 Å². The monoisotopic (exact) mass is 294 g/mol. The number of nitrogens with zero attached hydrogens (tertiary/aromatic N) is 1. The van der Waals surface area contributed by atoms with Crippen LogP contribution in [0.25, 0.3) is 22.4 Å². The van der Waals surface area contributed by atoms with E-state index in [9.17, 15) is 13.2 Å². The number of fused-ring (bicyclic) bond motifs is 1. The summed E-state index contributed by atoms with van der Waals surface area (Å²) >= 11 is -0.128. The molecule has 1 heterocycles. The highest BCUT2D eigenvalue weighted by atomic mass is 32.2. The zero-order valence-corrected chi connectivity index (χ0v) is 10.9. The highest BCUT2D eigenvalue weighted by Crippen LogP contribution is 2.41. The summed E-state index contributed by atoms with van der Waals surface area (Å²) < 4.78 is 37.7. The van der Waals surface area contributed by atoms with Gasteiger partial charge in [0.15, 0.2) is 0 Å². The van der Waals surface area contributed by atoms with Crippen LogP contribution in [0.3, 0.4) is 0 Å². The number of para-hydroxylation sites is 2. The molecule has 3 aromatic rings. The molecule has 0 aliphatic rings. The molecule has 0 amide bonds. The molecule has 0 spiro atoms. The van der Waals surface area contributed by atoms with Gasteiger partial charge < -0.3 is 4.98 Å². The number of hydrogen-bond donors (Lipinski definition) is 1. The van der Waals surface area contributed by atoms with Gasteiger partial charge in [0.2, 0.25) is 0 Å². The predicted molar refractivity (Wildman–Crippen MR) is 73.4 cm³/mol. The van der Waals surface area contributed by atoms with Crippen molar-refractivity contribution in [2.45, 2.75) is 10.4 Å². The van der Waals surface area contributed by atoms with Crippen molar-refractivity contribution >= 4 is 22.8 Å². The number of imidazole rings is 1. The van der Waals surface area contributed by atoms with Crippen LogP contribution in [0.4, 0.5) is 13.2 Å². The first kappa shape index (κ1) is 13.1. The summed E-state index contributed by atoms with van der Waals surface area (Å²) in [7, 11) is 0. The number of aromatic nitrogens is 2.